The van der Waals surface area contributed by atoms with Gasteiger partial charge in [0.15, 0.2) is 18.9 Å². The van der Waals surface area contributed by atoms with Crippen LogP contribution in [0.15, 0.2) is 85.1 Å². The van der Waals surface area contributed by atoms with E-state index in [-0.39, 0.29) is 18.9 Å². The third kappa shape index (κ3) is 39.3. The van der Waals surface area contributed by atoms with Crippen molar-refractivity contribution in [3.63, 3.8) is 0 Å². The molecule has 0 aromatic heterocycles. The molecular weight excluding hydrogens is 1240 g/mol. The van der Waals surface area contributed by atoms with Gasteiger partial charge in [-0.25, -0.2) is 0 Å². The van der Waals surface area contributed by atoms with Crippen LogP contribution in [0.3, 0.4) is 0 Å². The first-order chi connectivity index (χ1) is 47.3. The Morgan fingerprint density at radius 3 is 1.11 bits per heavy atom. The summed E-state index contributed by atoms with van der Waals surface area (Å²) in [6, 6.07) is -0.977. The van der Waals surface area contributed by atoms with Gasteiger partial charge >= 0.3 is 0 Å². The molecule has 3 fully saturated rings. The molecule has 0 spiro atoms. The summed E-state index contributed by atoms with van der Waals surface area (Å²) in [5.74, 6) is -0.276. The van der Waals surface area contributed by atoms with Crippen LogP contribution < -0.4 is 5.32 Å². The van der Waals surface area contributed by atoms with Crippen LogP contribution in [-0.2, 0) is 33.2 Å². The molecular formula is C78H137NO18. The SMILES string of the molecule is CC/C=C\C/C=C\C/C=C\C/C=C\C/C=C\C/C=C\CCCCCCCCCCCCCCCCCCC(=O)NC(COC1OC(CO)C(OC2OC(CO)C(OC3OC(CO)C(O)C(O)C3O)C(O)C2O)C(O)C1O)C(O)/C=C/CCCCCCCCCCCCCCCCC. The van der Waals surface area contributed by atoms with E-state index >= 15 is 0 Å². The molecule has 0 radical (unpaired) electrons. The molecule has 3 heterocycles. The first kappa shape index (κ1) is 88.2. The summed E-state index contributed by atoms with van der Waals surface area (Å²) in [5.41, 5.74) is 0. The summed E-state index contributed by atoms with van der Waals surface area (Å²) in [4.78, 5) is 13.4. The van der Waals surface area contributed by atoms with Crippen LogP contribution >= 0.6 is 0 Å². The number of unbranched alkanes of at least 4 members (excludes halogenated alkanes) is 31. The van der Waals surface area contributed by atoms with Crippen LogP contribution in [0.25, 0.3) is 0 Å². The van der Waals surface area contributed by atoms with Crippen molar-refractivity contribution in [3.05, 3.63) is 85.1 Å². The Hall–Kier alpha value is -3.03. The maximum atomic E-state index is 13.4. The van der Waals surface area contributed by atoms with Gasteiger partial charge in [-0.1, -0.05) is 279 Å². The van der Waals surface area contributed by atoms with E-state index in [1.54, 1.807) is 6.08 Å². The van der Waals surface area contributed by atoms with Gasteiger partial charge in [0.2, 0.25) is 5.91 Å². The number of nitrogens with one attached hydrogen (secondary N) is 1. The minimum atomic E-state index is -1.98. The number of allylic oxidation sites excluding steroid dienone is 13. The minimum Gasteiger partial charge on any atom is -0.394 e. The lowest BCUT2D eigenvalue weighted by Gasteiger charge is -2.48. The van der Waals surface area contributed by atoms with Gasteiger partial charge in [0.1, 0.15) is 73.2 Å². The Balaban J connectivity index is 1.35. The quantitative estimate of drug-likeness (QED) is 0.0199. The Bertz CT molecular complexity index is 2080. The van der Waals surface area contributed by atoms with Crippen LogP contribution in [-0.4, -0.2) is 193 Å². The van der Waals surface area contributed by atoms with E-state index in [4.69, 9.17) is 28.4 Å². The zero-order chi connectivity index (χ0) is 70.4. The van der Waals surface area contributed by atoms with Crippen LogP contribution in [0.5, 0.6) is 0 Å². The Morgan fingerprint density at radius 2 is 0.711 bits per heavy atom. The highest BCUT2D eigenvalue weighted by Crippen LogP contribution is 2.33. The number of carbonyl (C=O) groups is 1. The number of aliphatic hydroxyl groups excluding tert-OH is 11. The summed E-state index contributed by atoms with van der Waals surface area (Å²) in [6.07, 6.45) is 49.9. The molecule has 3 rings (SSSR count). The van der Waals surface area contributed by atoms with E-state index < -0.39 is 124 Å². The van der Waals surface area contributed by atoms with E-state index in [1.165, 1.54) is 161 Å². The lowest BCUT2D eigenvalue weighted by atomic mass is 9.96. The third-order valence-electron chi connectivity index (χ3n) is 18.7. The molecule has 0 aromatic rings. The van der Waals surface area contributed by atoms with E-state index in [0.717, 1.165) is 83.5 Å². The van der Waals surface area contributed by atoms with Crippen molar-refractivity contribution < 1.29 is 89.4 Å². The number of ether oxygens (including phenoxy) is 6. The van der Waals surface area contributed by atoms with Gasteiger partial charge in [-0.3, -0.25) is 4.79 Å². The molecule has 1 amide bonds. The lowest BCUT2D eigenvalue weighted by Crippen LogP contribution is -2.66. The largest absolute Gasteiger partial charge is 0.394 e. The van der Waals surface area contributed by atoms with E-state index in [1.807, 2.05) is 6.08 Å². The molecule has 562 valence electrons. The predicted molar refractivity (Wildman–Crippen MR) is 383 cm³/mol. The molecule has 3 saturated heterocycles. The molecule has 12 N–H and O–H groups in total. The molecule has 0 aromatic carbocycles. The molecule has 3 aliphatic rings. The third-order valence-corrected chi connectivity index (χ3v) is 18.7. The number of amides is 1. The zero-order valence-electron chi connectivity index (χ0n) is 59.8. The molecule has 19 heteroatoms. The van der Waals surface area contributed by atoms with Crippen molar-refractivity contribution in [2.24, 2.45) is 0 Å². The van der Waals surface area contributed by atoms with Gasteiger partial charge in [0, 0.05) is 6.42 Å². The average molecular weight is 1380 g/mol. The van der Waals surface area contributed by atoms with Crippen LogP contribution in [0.4, 0.5) is 0 Å². The molecule has 0 saturated carbocycles. The minimum absolute atomic E-state index is 0.241. The second kappa shape index (κ2) is 58.5. The van der Waals surface area contributed by atoms with Crippen molar-refractivity contribution in [3.8, 4) is 0 Å². The number of hydrogen-bond donors (Lipinski definition) is 12. The Kier molecular flexibility index (Phi) is 53.2. The summed E-state index contributed by atoms with van der Waals surface area (Å²) in [6.45, 7) is 1.63. The maximum Gasteiger partial charge on any atom is 0.220 e. The number of hydrogen-bond acceptors (Lipinski definition) is 18. The average Bonchev–Trinajstić information content (AvgIpc) is 0.792. The lowest BCUT2D eigenvalue weighted by molar-refractivity contribution is -0.379. The first-order valence-electron chi connectivity index (χ1n) is 38.3. The molecule has 17 unspecified atom stereocenters. The maximum absolute atomic E-state index is 13.4. The van der Waals surface area contributed by atoms with Gasteiger partial charge in [-0.15, -0.1) is 0 Å². The monoisotopic (exact) mass is 1380 g/mol. The van der Waals surface area contributed by atoms with Crippen molar-refractivity contribution in [1.29, 1.82) is 0 Å². The second-order valence-corrected chi connectivity index (χ2v) is 27.1. The highest BCUT2D eigenvalue weighted by Gasteiger charge is 2.53. The number of aliphatic hydroxyl groups is 11. The Morgan fingerprint density at radius 1 is 0.381 bits per heavy atom. The molecule has 19 nitrogen and oxygen atoms in total. The normalized spacial score (nSPS) is 27.4. The Labute approximate surface area is 584 Å². The van der Waals surface area contributed by atoms with Crippen LogP contribution in [0.2, 0.25) is 0 Å². The second-order valence-electron chi connectivity index (χ2n) is 27.1. The van der Waals surface area contributed by atoms with Crippen molar-refractivity contribution in [1.82, 2.24) is 5.32 Å². The van der Waals surface area contributed by atoms with E-state index in [0.29, 0.717) is 6.42 Å². The van der Waals surface area contributed by atoms with Crippen molar-refractivity contribution >= 4 is 5.91 Å². The molecule has 97 heavy (non-hydrogen) atoms. The fraction of sp³-hybridized carbons (Fsp3) is 0.808. The molecule has 3 aliphatic heterocycles. The number of carbonyl (C=O) groups excluding carboxylic acids is 1. The van der Waals surface area contributed by atoms with Crippen LogP contribution in [0, 0.1) is 0 Å². The fourth-order valence-electron chi connectivity index (χ4n) is 12.5. The van der Waals surface area contributed by atoms with Gasteiger partial charge in [-0.2, -0.15) is 0 Å². The van der Waals surface area contributed by atoms with Crippen molar-refractivity contribution in [2.45, 2.75) is 375 Å². The highest BCUT2D eigenvalue weighted by atomic mass is 16.8. The smallest absolute Gasteiger partial charge is 0.220 e. The molecule has 0 aliphatic carbocycles. The summed E-state index contributed by atoms with van der Waals surface area (Å²) in [7, 11) is 0. The number of rotatable bonds is 59. The van der Waals surface area contributed by atoms with Gasteiger partial charge in [0.25, 0.3) is 0 Å². The molecule has 17 atom stereocenters. The van der Waals surface area contributed by atoms with Gasteiger partial charge < -0.3 is 89.9 Å². The van der Waals surface area contributed by atoms with Crippen LogP contribution in [0.1, 0.15) is 271 Å². The standard InChI is InChI=1S/C78H137NO18/c1-3-5-7-9-11-13-15-17-19-21-22-23-24-25-26-27-28-29-30-31-32-33-34-35-36-37-38-40-42-44-46-48-50-52-54-56-66(84)79-61(62(83)55-53-51-49-47-45-43-41-39-20-18-16-14-12-10-8-6-4-2)60-92-76-72(90)69(87)74(64(58-81)94-76)97-78-73(91)70(88)75(65(59-82)95-78)96-77-71(89)68(86)67(85)63(57-80)93-77/h5,7,11,13,17,19,22-23,25-26,28-29,53,55,61-65,67-78,80-83,85-91H,3-4,6,8-10,12,14-16,18,20-21,24,27,30-52,54,56-60H2,1-2H3,(H,79,84)/b7-5-,13-11-,19-17-,23-22-,26-25-,29-28-,55-53+. The van der Waals surface area contributed by atoms with Gasteiger partial charge in [-0.05, 0) is 70.6 Å². The summed E-state index contributed by atoms with van der Waals surface area (Å²) < 4.78 is 34.4. The highest BCUT2D eigenvalue weighted by molar-refractivity contribution is 5.76. The van der Waals surface area contributed by atoms with E-state index in [2.05, 4.69) is 92.1 Å². The summed E-state index contributed by atoms with van der Waals surface area (Å²) >= 11 is 0. The van der Waals surface area contributed by atoms with E-state index in [9.17, 15) is 61.0 Å². The zero-order valence-corrected chi connectivity index (χ0v) is 59.8. The first-order valence-corrected chi connectivity index (χ1v) is 38.3. The summed E-state index contributed by atoms with van der Waals surface area (Å²) in [5, 5.41) is 121. The predicted octanol–water partition coefficient (Wildman–Crippen LogP) is 11.8. The van der Waals surface area contributed by atoms with Gasteiger partial charge in [0.05, 0.1) is 38.6 Å². The van der Waals surface area contributed by atoms with Crippen molar-refractivity contribution in [2.75, 3.05) is 26.4 Å². The topological polar surface area (TPSA) is 307 Å². The fourth-order valence-corrected chi connectivity index (χ4v) is 12.5. The molecule has 0 bridgehead atoms.